The molecule has 0 aliphatic carbocycles. The van der Waals surface area contributed by atoms with Crippen LogP contribution in [0.2, 0.25) is 0 Å². The Kier molecular flexibility index (Phi) is 13.8. The minimum absolute atomic E-state index is 0.106. The SMILES string of the molecule is CSC(CSCC=C(C)CCC=C(C)CCC=C(C)C)N=O. The second-order valence-electron chi connectivity index (χ2n) is 5.79. The molecule has 2 nitrogen and oxygen atoms in total. The molecule has 0 aromatic rings. The standard InChI is InChI=1S/C18H31NOS2/c1-15(2)8-6-9-16(3)10-7-11-17(4)12-13-22-14-18(19-20)21-5/h8,10,12,18H,6-7,9,11,13-14H2,1-5H3. The molecule has 0 saturated carbocycles. The van der Waals surface area contributed by atoms with Crippen LogP contribution in [-0.2, 0) is 0 Å². The van der Waals surface area contributed by atoms with Crippen LogP contribution in [0, 0.1) is 4.91 Å². The van der Waals surface area contributed by atoms with E-state index in [1.807, 2.05) is 6.26 Å². The van der Waals surface area contributed by atoms with Crippen LogP contribution in [-0.4, -0.2) is 23.1 Å². The molecule has 0 aromatic heterocycles. The number of rotatable bonds is 12. The molecular formula is C18H31NOS2. The topological polar surface area (TPSA) is 29.4 Å². The molecule has 0 N–H and O–H groups in total. The van der Waals surface area contributed by atoms with E-state index < -0.39 is 0 Å². The summed E-state index contributed by atoms with van der Waals surface area (Å²) < 4.78 is 0. The monoisotopic (exact) mass is 341 g/mol. The lowest BCUT2D eigenvalue weighted by molar-refractivity contribution is 0.917. The first-order valence-corrected chi connectivity index (χ1v) is 10.3. The van der Waals surface area contributed by atoms with E-state index in [4.69, 9.17) is 0 Å². The van der Waals surface area contributed by atoms with E-state index in [-0.39, 0.29) is 5.37 Å². The first kappa shape index (κ1) is 21.5. The van der Waals surface area contributed by atoms with Crippen molar-refractivity contribution < 1.29 is 0 Å². The van der Waals surface area contributed by atoms with Crippen LogP contribution in [0.1, 0.15) is 53.4 Å². The Bertz CT molecular complexity index is 396. The van der Waals surface area contributed by atoms with Gasteiger partial charge in [0.05, 0.1) is 0 Å². The summed E-state index contributed by atoms with van der Waals surface area (Å²) in [5, 5.41) is 2.98. The van der Waals surface area contributed by atoms with Gasteiger partial charge in [-0.15, -0.1) is 16.7 Å². The number of nitroso groups, excluding NO2 is 1. The maximum absolute atomic E-state index is 10.5. The Hall–Kier alpha value is -0.480. The van der Waals surface area contributed by atoms with Crippen molar-refractivity contribution in [3.05, 3.63) is 39.9 Å². The minimum atomic E-state index is -0.106. The van der Waals surface area contributed by atoms with E-state index >= 15 is 0 Å². The van der Waals surface area contributed by atoms with E-state index in [1.54, 1.807) is 11.8 Å². The molecule has 0 fully saturated rings. The number of hydrogen-bond donors (Lipinski definition) is 0. The summed E-state index contributed by atoms with van der Waals surface area (Å²) in [5.41, 5.74) is 4.32. The number of allylic oxidation sites excluding steroid dienone is 5. The molecule has 0 aliphatic heterocycles. The lowest BCUT2D eigenvalue weighted by Crippen LogP contribution is -2.00. The smallest absolute Gasteiger partial charge is 0.146 e. The van der Waals surface area contributed by atoms with Gasteiger partial charge in [-0.2, -0.15) is 11.8 Å². The third-order valence-electron chi connectivity index (χ3n) is 3.32. The quantitative estimate of drug-likeness (QED) is 0.228. The van der Waals surface area contributed by atoms with Gasteiger partial charge in [0.1, 0.15) is 5.37 Å². The van der Waals surface area contributed by atoms with Crippen molar-refractivity contribution in [3.8, 4) is 0 Å². The van der Waals surface area contributed by atoms with Crippen molar-refractivity contribution in [1.82, 2.24) is 0 Å². The highest BCUT2D eigenvalue weighted by atomic mass is 32.2. The van der Waals surface area contributed by atoms with Crippen molar-refractivity contribution in [2.45, 2.75) is 58.8 Å². The summed E-state index contributed by atoms with van der Waals surface area (Å²) >= 11 is 3.30. The Morgan fingerprint density at radius 1 is 1.00 bits per heavy atom. The average molecular weight is 342 g/mol. The second kappa shape index (κ2) is 14.1. The van der Waals surface area contributed by atoms with Gasteiger partial charge in [-0.25, -0.2) is 0 Å². The number of hydrogen-bond acceptors (Lipinski definition) is 4. The number of thioether (sulfide) groups is 2. The third-order valence-corrected chi connectivity index (χ3v) is 5.28. The summed E-state index contributed by atoms with van der Waals surface area (Å²) in [4.78, 5) is 10.5. The van der Waals surface area contributed by atoms with Gasteiger partial charge >= 0.3 is 0 Å². The molecule has 0 aromatic carbocycles. The Morgan fingerprint density at radius 3 is 2.14 bits per heavy atom. The zero-order valence-electron chi connectivity index (χ0n) is 14.7. The predicted molar refractivity (Wildman–Crippen MR) is 106 cm³/mol. The molecule has 0 heterocycles. The van der Waals surface area contributed by atoms with E-state index in [2.05, 4.69) is 51.1 Å². The van der Waals surface area contributed by atoms with Crippen molar-refractivity contribution in [3.63, 3.8) is 0 Å². The second-order valence-corrected chi connectivity index (χ2v) is 7.88. The summed E-state index contributed by atoms with van der Waals surface area (Å²) in [6.45, 7) is 8.72. The van der Waals surface area contributed by atoms with Crippen LogP contribution in [0.25, 0.3) is 0 Å². The van der Waals surface area contributed by atoms with Gasteiger partial charge in [0.15, 0.2) is 0 Å². The molecule has 4 heteroatoms. The molecule has 0 saturated heterocycles. The molecule has 0 aliphatic rings. The molecule has 0 rings (SSSR count). The van der Waals surface area contributed by atoms with Gasteiger partial charge < -0.3 is 0 Å². The molecule has 0 bridgehead atoms. The predicted octanol–water partition coefficient (Wildman–Crippen LogP) is 6.59. The molecule has 1 atom stereocenters. The van der Waals surface area contributed by atoms with Crippen molar-refractivity contribution in [1.29, 1.82) is 0 Å². The van der Waals surface area contributed by atoms with Crippen LogP contribution >= 0.6 is 23.5 Å². The zero-order valence-corrected chi connectivity index (χ0v) is 16.4. The normalized spacial score (nSPS) is 13.9. The lowest BCUT2D eigenvalue weighted by Gasteiger charge is -2.04. The zero-order chi connectivity index (χ0) is 16.8. The van der Waals surface area contributed by atoms with Crippen LogP contribution in [0.5, 0.6) is 0 Å². The Balaban J connectivity index is 3.87. The van der Waals surface area contributed by atoms with Crippen molar-refractivity contribution in [2.24, 2.45) is 5.18 Å². The van der Waals surface area contributed by atoms with Gasteiger partial charge in [-0.3, -0.25) is 0 Å². The van der Waals surface area contributed by atoms with E-state index in [9.17, 15) is 4.91 Å². The van der Waals surface area contributed by atoms with Gasteiger partial charge in [0.25, 0.3) is 0 Å². The van der Waals surface area contributed by atoms with Gasteiger partial charge in [0, 0.05) is 11.5 Å². The lowest BCUT2D eigenvalue weighted by atomic mass is 10.1. The fourth-order valence-corrected chi connectivity index (χ4v) is 3.57. The van der Waals surface area contributed by atoms with Crippen LogP contribution in [0.3, 0.4) is 0 Å². The van der Waals surface area contributed by atoms with Gasteiger partial charge in [-0.05, 0) is 59.6 Å². The van der Waals surface area contributed by atoms with Gasteiger partial charge in [0.2, 0.25) is 0 Å². The summed E-state index contributed by atoms with van der Waals surface area (Å²) in [6.07, 6.45) is 13.4. The maximum atomic E-state index is 10.5. The third kappa shape index (κ3) is 13.2. The highest BCUT2D eigenvalue weighted by molar-refractivity contribution is 8.03. The Morgan fingerprint density at radius 2 is 1.59 bits per heavy atom. The fourth-order valence-electron chi connectivity index (χ4n) is 1.85. The first-order chi connectivity index (χ1) is 10.5. The average Bonchev–Trinajstić information content (AvgIpc) is 2.47. The molecule has 0 amide bonds. The van der Waals surface area contributed by atoms with E-state index in [0.717, 1.165) is 30.8 Å². The minimum Gasteiger partial charge on any atom is -0.155 e. The molecule has 0 spiro atoms. The Labute approximate surface area is 145 Å². The maximum Gasteiger partial charge on any atom is 0.146 e. The van der Waals surface area contributed by atoms with Crippen molar-refractivity contribution in [2.75, 3.05) is 17.8 Å². The van der Waals surface area contributed by atoms with Crippen LogP contribution < -0.4 is 0 Å². The molecular weight excluding hydrogens is 310 g/mol. The molecule has 22 heavy (non-hydrogen) atoms. The van der Waals surface area contributed by atoms with Crippen molar-refractivity contribution >= 4 is 23.5 Å². The molecule has 0 radical (unpaired) electrons. The molecule has 126 valence electrons. The van der Waals surface area contributed by atoms with E-state index in [1.165, 1.54) is 34.9 Å². The summed E-state index contributed by atoms with van der Waals surface area (Å²) in [6, 6.07) is 0. The molecule has 1 unspecified atom stereocenters. The van der Waals surface area contributed by atoms with Crippen LogP contribution in [0.15, 0.2) is 40.1 Å². The summed E-state index contributed by atoms with van der Waals surface area (Å²) in [7, 11) is 0. The largest absolute Gasteiger partial charge is 0.155 e. The first-order valence-electron chi connectivity index (χ1n) is 7.87. The van der Waals surface area contributed by atoms with Gasteiger partial charge in [-0.1, -0.05) is 40.1 Å². The van der Waals surface area contributed by atoms with Crippen LogP contribution in [0.4, 0.5) is 0 Å². The summed E-state index contributed by atoms with van der Waals surface area (Å²) in [5.74, 6) is 1.78. The van der Waals surface area contributed by atoms with E-state index in [0.29, 0.717) is 0 Å². The highest BCUT2D eigenvalue weighted by Crippen LogP contribution is 2.16. The number of nitrogens with zero attached hydrogens (tertiary/aromatic N) is 1. The fraction of sp³-hybridized carbons (Fsp3) is 0.667. The highest BCUT2D eigenvalue weighted by Gasteiger charge is 2.04.